The first-order valence-corrected chi connectivity index (χ1v) is 11.6. The summed E-state index contributed by atoms with van der Waals surface area (Å²) in [5.41, 5.74) is 0.940. The molecule has 2 aromatic rings. The minimum Gasteiger partial charge on any atom is -0.350 e. The number of amides is 2. The molecule has 7 nitrogen and oxygen atoms in total. The van der Waals surface area contributed by atoms with Gasteiger partial charge < -0.3 is 10.6 Å². The molecule has 0 aliphatic carbocycles. The molecule has 2 N–H and O–H groups in total. The minimum atomic E-state index is -3.62. The molecular weight excluding hydrogens is 402 g/mol. The number of sulfonamides is 1. The van der Waals surface area contributed by atoms with E-state index in [4.69, 9.17) is 0 Å². The van der Waals surface area contributed by atoms with E-state index >= 15 is 0 Å². The average molecular weight is 430 g/mol. The van der Waals surface area contributed by atoms with Crippen LogP contribution in [0.3, 0.4) is 0 Å². The molecule has 0 saturated carbocycles. The summed E-state index contributed by atoms with van der Waals surface area (Å²) >= 11 is 0. The molecule has 8 heteroatoms. The van der Waals surface area contributed by atoms with Crippen molar-refractivity contribution < 1.29 is 18.0 Å². The summed E-state index contributed by atoms with van der Waals surface area (Å²) in [6.45, 7) is 4.88. The first-order valence-electron chi connectivity index (χ1n) is 10.1. The monoisotopic (exact) mass is 429 g/mol. The van der Waals surface area contributed by atoms with Gasteiger partial charge in [0.05, 0.1) is 16.1 Å². The summed E-state index contributed by atoms with van der Waals surface area (Å²) in [5, 5.41) is 5.62. The zero-order valence-corrected chi connectivity index (χ0v) is 18.0. The average Bonchev–Trinajstić information content (AvgIpc) is 3.30. The Balaban J connectivity index is 1.81. The van der Waals surface area contributed by atoms with Gasteiger partial charge in [0.1, 0.15) is 0 Å². The lowest BCUT2D eigenvalue weighted by Crippen LogP contribution is -2.32. The maximum atomic E-state index is 12.8. The van der Waals surface area contributed by atoms with Crippen molar-refractivity contribution in [3.8, 4) is 0 Å². The molecule has 2 amide bonds. The smallest absolute Gasteiger partial charge is 0.255 e. The van der Waals surface area contributed by atoms with Crippen molar-refractivity contribution in [1.82, 2.24) is 9.62 Å². The predicted octanol–water partition coefficient (Wildman–Crippen LogP) is 3.25. The van der Waals surface area contributed by atoms with Crippen molar-refractivity contribution in [1.29, 1.82) is 0 Å². The first-order chi connectivity index (χ1) is 14.3. The van der Waals surface area contributed by atoms with Crippen molar-refractivity contribution in [3.63, 3.8) is 0 Å². The van der Waals surface area contributed by atoms with E-state index in [1.54, 1.807) is 36.4 Å². The number of hydrogen-bond donors (Lipinski definition) is 2. The number of benzene rings is 2. The Hall–Kier alpha value is -2.71. The summed E-state index contributed by atoms with van der Waals surface area (Å²) in [4.78, 5) is 25.5. The zero-order chi connectivity index (χ0) is 21.7. The molecule has 2 aromatic carbocycles. The Morgan fingerprint density at radius 3 is 2.43 bits per heavy atom. The SMILES string of the molecule is CC[C@H](C)NC(=O)c1ccccc1NC(=O)c1cccc(S(=O)(=O)N2CCCC2)c1. The highest BCUT2D eigenvalue weighted by Gasteiger charge is 2.27. The summed E-state index contributed by atoms with van der Waals surface area (Å²) in [6, 6.07) is 12.7. The van der Waals surface area contributed by atoms with E-state index in [-0.39, 0.29) is 22.4 Å². The Bertz CT molecular complexity index is 1030. The molecule has 30 heavy (non-hydrogen) atoms. The summed E-state index contributed by atoms with van der Waals surface area (Å²) < 4.78 is 27.0. The predicted molar refractivity (Wildman–Crippen MR) is 116 cm³/mol. The van der Waals surface area contributed by atoms with Gasteiger partial charge in [-0.05, 0) is 56.5 Å². The maximum Gasteiger partial charge on any atom is 0.255 e. The molecule has 1 aliphatic heterocycles. The van der Waals surface area contributed by atoms with E-state index in [0.717, 1.165) is 19.3 Å². The number of para-hydroxylation sites is 1. The fourth-order valence-corrected chi connectivity index (χ4v) is 4.83. The second kappa shape index (κ2) is 9.40. The molecule has 1 atom stereocenters. The molecule has 1 heterocycles. The van der Waals surface area contributed by atoms with Crippen LogP contribution >= 0.6 is 0 Å². The number of rotatable bonds is 7. The highest BCUT2D eigenvalue weighted by molar-refractivity contribution is 7.89. The van der Waals surface area contributed by atoms with E-state index in [1.807, 2.05) is 13.8 Å². The minimum absolute atomic E-state index is 0.00809. The number of carbonyl (C=O) groups is 2. The fourth-order valence-electron chi connectivity index (χ4n) is 3.26. The van der Waals surface area contributed by atoms with Gasteiger partial charge in [-0.1, -0.05) is 25.1 Å². The maximum absolute atomic E-state index is 12.8. The van der Waals surface area contributed by atoms with E-state index in [9.17, 15) is 18.0 Å². The molecule has 1 fully saturated rings. The van der Waals surface area contributed by atoms with Crippen LogP contribution in [0.25, 0.3) is 0 Å². The van der Waals surface area contributed by atoms with Crippen molar-refractivity contribution in [2.75, 3.05) is 18.4 Å². The number of carbonyl (C=O) groups excluding carboxylic acids is 2. The van der Waals surface area contributed by atoms with Gasteiger partial charge in [0.25, 0.3) is 11.8 Å². The summed E-state index contributed by atoms with van der Waals surface area (Å²) in [6.07, 6.45) is 2.47. The fraction of sp³-hybridized carbons (Fsp3) is 0.364. The van der Waals surface area contributed by atoms with E-state index in [0.29, 0.717) is 24.3 Å². The van der Waals surface area contributed by atoms with Gasteiger partial charge in [0.2, 0.25) is 10.0 Å². The van der Waals surface area contributed by atoms with Gasteiger partial charge in [-0.2, -0.15) is 4.31 Å². The van der Waals surface area contributed by atoms with Crippen LogP contribution in [-0.4, -0.2) is 43.7 Å². The van der Waals surface area contributed by atoms with Crippen LogP contribution in [0.15, 0.2) is 53.4 Å². The highest BCUT2D eigenvalue weighted by atomic mass is 32.2. The second-order valence-electron chi connectivity index (χ2n) is 7.42. The standard InChI is InChI=1S/C22H27N3O4S/c1-3-16(2)23-22(27)19-11-4-5-12-20(19)24-21(26)17-9-8-10-18(15-17)30(28,29)25-13-6-7-14-25/h4-5,8-12,15-16H,3,6-7,13-14H2,1-2H3,(H,23,27)(H,24,26)/t16-/m0/s1. The molecule has 1 aliphatic rings. The third kappa shape index (κ3) is 4.88. The molecular formula is C22H27N3O4S. The molecule has 3 rings (SSSR count). The number of nitrogens with one attached hydrogen (secondary N) is 2. The molecule has 0 bridgehead atoms. The Morgan fingerprint density at radius 2 is 1.73 bits per heavy atom. The van der Waals surface area contributed by atoms with E-state index in [2.05, 4.69) is 10.6 Å². The third-order valence-electron chi connectivity index (χ3n) is 5.21. The van der Waals surface area contributed by atoms with Crippen molar-refractivity contribution in [2.45, 2.75) is 44.0 Å². The van der Waals surface area contributed by atoms with Gasteiger partial charge >= 0.3 is 0 Å². The molecule has 0 aromatic heterocycles. The quantitative estimate of drug-likeness (QED) is 0.706. The van der Waals surface area contributed by atoms with Crippen molar-refractivity contribution in [2.24, 2.45) is 0 Å². The Labute approximate surface area is 177 Å². The number of hydrogen-bond acceptors (Lipinski definition) is 4. The zero-order valence-electron chi connectivity index (χ0n) is 17.2. The number of anilines is 1. The van der Waals surface area contributed by atoms with Crippen LogP contribution in [-0.2, 0) is 10.0 Å². The van der Waals surface area contributed by atoms with Crippen LogP contribution < -0.4 is 10.6 Å². The lowest BCUT2D eigenvalue weighted by Gasteiger charge is -2.16. The first kappa shape index (κ1) is 22.0. The van der Waals surface area contributed by atoms with Crippen molar-refractivity contribution >= 4 is 27.5 Å². The largest absolute Gasteiger partial charge is 0.350 e. The van der Waals surface area contributed by atoms with Crippen LogP contribution in [0.5, 0.6) is 0 Å². The van der Waals surface area contributed by atoms with Crippen LogP contribution in [0.4, 0.5) is 5.69 Å². The van der Waals surface area contributed by atoms with E-state index in [1.165, 1.54) is 16.4 Å². The van der Waals surface area contributed by atoms with Gasteiger partial charge in [0, 0.05) is 24.7 Å². The Kier molecular flexibility index (Phi) is 6.89. The van der Waals surface area contributed by atoms with Gasteiger partial charge in [-0.25, -0.2) is 8.42 Å². The van der Waals surface area contributed by atoms with Crippen LogP contribution in [0.2, 0.25) is 0 Å². The van der Waals surface area contributed by atoms with Crippen LogP contribution in [0.1, 0.15) is 53.8 Å². The Morgan fingerprint density at radius 1 is 1.03 bits per heavy atom. The van der Waals surface area contributed by atoms with E-state index < -0.39 is 15.9 Å². The molecule has 0 spiro atoms. The summed E-state index contributed by atoms with van der Waals surface area (Å²) in [7, 11) is -3.62. The normalized spacial score (nSPS) is 15.5. The number of nitrogens with zero attached hydrogens (tertiary/aromatic N) is 1. The summed E-state index contributed by atoms with van der Waals surface area (Å²) in [5.74, 6) is -0.747. The lowest BCUT2D eigenvalue weighted by molar-refractivity contribution is 0.0940. The molecule has 1 saturated heterocycles. The van der Waals surface area contributed by atoms with Crippen molar-refractivity contribution in [3.05, 3.63) is 59.7 Å². The molecule has 0 radical (unpaired) electrons. The van der Waals surface area contributed by atoms with Gasteiger partial charge in [-0.15, -0.1) is 0 Å². The molecule has 0 unspecified atom stereocenters. The van der Waals surface area contributed by atoms with Crippen LogP contribution in [0, 0.1) is 0 Å². The molecule has 160 valence electrons. The van der Waals surface area contributed by atoms with Gasteiger partial charge in [-0.3, -0.25) is 9.59 Å². The highest BCUT2D eigenvalue weighted by Crippen LogP contribution is 2.22. The third-order valence-corrected chi connectivity index (χ3v) is 7.10. The lowest BCUT2D eigenvalue weighted by atomic mass is 10.1. The topological polar surface area (TPSA) is 95.6 Å². The second-order valence-corrected chi connectivity index (χ2v) is 9.36. The van der Waals surface area contributed by atoms with Gasteiger partial charge in [0.15, 0.2) is 0 Å².